The third-order valence-electron chi connectivity index (χ3n) is 2.62. The second kappa shape index (κ2) is 5.71. The van der Waals surface area contributed by atoms with Gasteiger partial charge in [0.1, 0.15) is 5.69 Å². The number of nitrogens with zero attached hydrogens (tertiary/aromatic N) is 3. The van der Waals surface area contributed by atoms with E-state index >= 15 is 0 Å². The molecule has 0 spiro atoms. The first-order chi connectivity index (χ1) is 9.06. The summed E-state index contributed by atoms with van der Waals surface area (Å²) < 4.78 is 1.72. The molecule has 0 radical (unpaired) electrons. The van der Waals surface area contributed by atoms with E-state index in [-0.39, 0.29) is 5.69 Å². The quantitative estimate of drug-likeness (QED) is 0.675. The van der Waals surface area contributed by atoms with Crippen molar-refractivity contribution < 1.29 is 4.92 Å². The normalized spacial score (nSPS) is 10.4. The van der Waals surface area contributed by atoms with E-state index in [1.807, 2.05) is 19.3 Å². The van der Waals surface area contributed by atoms with Crippen LogP contribution < -0.4 is 5.32 Å². The predicted octanol–water partition coefficient (Wildman–Crippen LogP) is 2.64. The molecule has 0 bridgehead atoms. The van der Waals surface area contributed by atoms with E-state index < -0.39 is 4.92 Å². The van der Waals surface area contributed by atoms with Gasteiger partial charge in [-0.15, -0.1) is 0 Å². The lowest BCUT2D eigenvalue weighted by molar-refractivity contribution is -0.384. The lowest BCUT2D eigenvalue weighted by Gasteiger charge is -2.06. The average molecular weight is 281 g/mol. The van der Waals surface area contributed by atoms with Crippen molar-refractivity contribution >= 4 is 23.0 Å². The van der Waals surface area contributed by atoms with Gasteiger partial charge in [0.15, 0.2) is 0 Å². The standard InChI is InChI=1S/C12H13ClN4O2/c1-16-7-5-10(15-16)4-6-14-11-8-9(13)2-3-12(11)17(18)19/h2-3,5,7-8,14H,4,6H2,1H3. The Morgan fingerprint density at radius 3 is 2.89 bits per heavy atom. The lowest BCUT2D eigenvalue weighted by atomic mass is 10.2. The number of hydrogen-bond donors (Lipinski definition) is 1. The topological polar surface area (TPSA) is 73.0 Å². The maximum Gasteiger partial charge on any atom is 0.292 e. The second-order valence-electron chi connectivity index (χ2n) is 4.08. The number of nitrogens with one attached hydrogen (secondary N) is 1. The van der Waals surface area contributed by atoms with Crippen LogP contribution in [0.25, 0.3) is 0 Å². The molecule has 6 nitrogen and oxygen atoms in total. The molecule has 2 rings (SSSR count). The van der Waals surface area contributed by atoms with Crippen LogP contribution in [0.5, 0.6) is 0 Å². The Balaban J connectivity index is 2.02. The molecular weight excluding hydrogens is 268 g/mol. The van der Waals surface area contributed by atoms with Gasteiger partial charge in [0.2, 0.25) is 0 Å². The first kappa shape index (κ1) is 13.4. The number of nitro groups is 1. The van der Waals surface area contributed by atoms with Crippen LogP contribution in [0.4, 0.5) is 11.4 Å². The molecule has 100 valence electrons. The average Bonchev–Trinajstić information content (AvgIpc) is 2.75. The van der Waals surface area contributed by atoms with Gasteiger partial charge in [-0.2, -0.15) is 5.10 Å². The first-order valence-corrected chi connectivity index (χ1v) is 6.10. The van der Waals surface area contributed by atoms with Gasteiger partial charge in [0, 0.05) is 37.3 Å². The third-order valence-corrected chi connectivity index (χ3v) is 2.86. The molecular formula is C12H13ClN4O2. The SMILES string of the molecule is Cn1ccc(CCNc2cc(Cl)ccc2[N+](=O)[O-])n1. The number of rotatable bonds is 5. The summed E-state index contributed by atoms with van der Waals surface area (Å²) in [6.07, 6.45) is 2.54. The molecule has 0 aliphatic carbocycles. The minimum Gasteiger partial charge on any atom is -0.379 e. The molecule has 0 amide bonds. The molecule has 1 heterocycles. The van der Waals surface area contributed by atoms with E-state index in [4.69, 9.17) is 11.6 Å². The van der Waals surface area contributed by atoms with Gasteiger partial charge in [-0.1, -0.05) is 11.6 Å². The van der Waals surface area contributed by atoms with Crippen LogP contribution in [0.2, 0.25) is 5.02 Å². The fourth-order valence-electron chi connectivity index (χ4n) is 1.73. The number of aromatic nitrogens is 2. The van der Waals surface area contributed by atoms with Crippen molar-refractivity contribution in [3.63, 3.8) is 0 Å². The fraction of sp³-hybridized carbons (Fsp3) is 0.250. The molecule has 0 unspecified atom stereocenters. The number of hydrogen-bond acceptors (Lipinski definition) is 4. The molecule has 19 heavy (non-hydrogen) atoms. The van der Waals surface area contributed by atoms with Crippen LogP contribution in [0.3, 0.4) is 0 Å². The molecule has 1 aromatic heterocycles. The summed E-state index contributed by atoms with van der Waals surface area (Å²) >= 11 is 5.84. The smallest absolute Gasteiger partial charge is 0.292 e. The van der Waals surface area contributed by atoms with Crippen molar-refractivity contribution in [2.75, 3.05) is 11.9 Å². The van der Waals surface area contributed by atoms with E-state index in [1.165, 1.54) is 12.1 Å². The van der Waals surface area contributed by atoms with Gasteiger partial charge in [-0.3, -0.25) is 14.8 Å². The van der Waals surface area contributed by atoms with Crippen LogP contribution in [-0.2, 0) is 13.5 Å². The Bertz CT molecular complexity index is 597. The molecule has 7 heteroatoms. The van der Waals surface area contributed by atoms with Gasteiger partial charge in [-0.05, 0) is 18.2 Å². The van der Waals surface area contributed by atoms with Gasteiger partial charge in [0.25, 0.3) is 5.69 Å². The first-order valence-electron chi connectivity index (χ1n) is 5.72. The Morgan fingerprint density at radius 2 is 2.26 bits per heavy atom. The highest BCUT2D eigenvalue weighted by Crippen LogP contribution is 2.27. The number of nitro benzene ring substituents is 1. The molecule has 0 aliphatic rings. The number of benzene rings is 1. The van der Waals surface area contributed by atoms with Gasteiger partial charge in [0.05, 0.1) is 10.6 Å². The van der Waals surface area contributed by atoms with Crippen molar-refractivity contribution in [1.29, 1.82) is 0 Å². The molecule has 0 aliphatic heterocycles. The van der Waals surface area contributed by atoms with E-state index in [9.17, 15) is 10.1 Å². The van der Waals surface area contributed by atoms with Crippen molar-refractivity contribution in [1.82, 2.24) is 9.78 Å². The summed E-state index contributed by atoms with van der Waals surface area (Å²) in [5.74, 6) is 0. The number of halogens is 1. The molecule has 1 N–H and O–H groups in total. The molecule has 0 saturated heterocycles. The fourth-order valence-corrected chi connectivity index (χ4v) is 1.90. The van der Waals surface area contributed by atoms with Crippen LogP contribution >= 0.6 is 11.6 Å². The summed E-state index contributed by atoms with van der Waals surface area (Å²) in [5.41, 5.74) is 1.37. The Kier molecular flexibility index (Phi) is 4.01. The van der Waals surface area contributed by atoms with Crippen LogP contribution in [0, 0.1) is 10.1 Å². The van der Waals surface area contributed by atoms with Gasteiger partial charge < -0.3 is 5.32 Å². The molecule has 0 saturated carbocycles. The van der Waals surface area contributed by atoms with Crippen LogP contribution in [0.1, 0.15) is 5.69 Å². The monoisotopic (exact) mass is 280 g/mol. The van der Waals surface area contributed by atoms with E-state index in [0.717, 1.165) is 5.69 Å². The maximum atomic E-state index is 10.9. The zero-order chi connectivity index (χ0) is 13.8. The Morgan fingerprint density at radius 1 is 1.47 bits per heavy atom. The van der Waals surface area contributed by atoms with Crippen molar-refractivity contribution in [2.45, 2.75) is 6.42 Å². The number of aryl methyl sites for hydroxylation is 1. The Hall–Kier alpha value is -2.08. The van der Waals surface area contributed by atoms with Crippen molar-refractivity contribution in [2.24, 2.45) is 7.05 Å². The summed E-state index contributed by atoms with van der Waals surface area (Å²) in [4.78, 5) is 10.4. The van der Waals surface area contributed by atoms with Crippen LogP contribution in [-0.4, -0.2) is 21.2 Å². The van der Waals surface area contributed by atoms with E-state index in [0.29, 0.717) is 23.7 Å². The van der Waals surface area contributed by atoms with Gasteiger partial charge >= 0.3 is 0 Å². The second-order valence-corrected chi connectivity index (χ2v) is 4.51. The minimum absolute atomic E-state index is 0.0189. The summed E-state index contributed by atoms with van der Waals surface area (Å²) in [7, 11) is 1.85. The lowest BCUT2D eigenvalue weighted by Crippen LogP contribution is -2.07. The van der Waals surface area contributed by atoms with Gasteiger partial charge in [-0.25, -0.2) is 0 Å². The highest BCUT2D eigenvalue weighted by Gasteiger charge is 2.13. The van der Waals surface area contributed by atoms with Crippen LogP contribution in [0.15, 0.2) is 30.5 Å². The predicted molar refractivity (Wildman–Crippen MR) is 73.5 cm³/mol. The molecule has 0 atom stereocenters. The molecule has 1 aromatic carbocycles. The largest absolute Gasteiger partial charge is 0.379 e. The van der Waals surface area contributed by atoms with E-state index in [1.54, 1.807) is 10.7 Å². The zero-order valence-electron chi connectivity index (χ0n) is 10.3. The summed E-state index contributed by atoms with van der Waals surface area (Å²) in [6, 6.07) is 6.36. The maximum absolute atomic E-state index is 10.9. The highest BCUT2D eigenvalue weighted by molar-refractivity contribution is 6.31. The minimum atomic E-state index is -0.431. The Labute approximate surface area is 115 Å². The van der Waals surface area contributed by atoms with Crippen molar-refractivity contribution in [3.05, 3.63) is 51.3 Å². The third kappa shape index (κ3) is 3.45. The van der Waals surface area contributed by atoms with E-state index in [2.05, 4.69) is 10.4 Å². The zero-order valence-corrected chi connectivity index (χ0v) is 11.1. The summed E-state index contributed by atoms with van der Waals surface area (Å²) in [6.45, 7) is 0.554. The summed E-state index contributed by atoms with van der Waals surface area (Å²) in [5, 5.41) is 18.6. The molecule has 2 aromatic rings. The molecule has 0 fully saturated rings. The highest BCUT2D eigenvalue weighted by atomic mass is 35.5. The van der Waals surface area contributed by atoms with Crippen molar-refractivity contribution in [3.8, 4) is 0 Å². The number of anilines is 1.